The lowest BCUT2D eigenvalue weighted by molar-refractivity contribution is 0.0688. The van der Waals surface area contributed by atoms with Crippen molar-refractivity contribution in [1.29, 1.82) is 0 Å². The Labute approximate surface area is 111 Å². The van der Waals surface area contributed by atoms with Crippen LogP contribution in [-0.2, 0) is 11.3 Å². The Bertz CT molecular complexity index is 314. The van der Waals surface area contributed by atoms with Gasteiger partial charge in [0.2, 0.25) is 0 Å². The van der Waals surface area contributed by atoms with Crippen LogP contribution >= 0.6 is 15.9 Å². The molecule has 0 aromatic carbocycles. The highest BCUT2D eigenvalue weighted by Gasteiger charge is 2.12. The Balaban J connectivity index is 0. The SMILES string of the molecule is CC.CC.COCCn1cc(Br)c(C(=O)O)n1. The van der Waals surface area contributed by atoms with Crippen molar-refractivity contribution in [3.63, 3.8) is 0 Å². The van der Waals surface area contributed by atoms with E-state index in [2.05, 4.69) is 21.0 Å². The summed E-state index contributed by atoms with van der Waals surface area (Å²) in [6, 6.07) is 0. The largest absolute Gasteiger partial charge is 0.476 e. The van der Waals surface area contributed by atoms with Gasteiger partial charge in [-0.3, -0.25) is 4.68 Å². The number of carboxylic acids is 1. The van der Waals surface area contributed by atoms with Crippen molar-refractivity contribution >= 4 is 21.9 Å². The van der Waals surface area contributed by atoms with Gasteiger partial charge >= 0.3 is 5.97 Å². The molecule has 0 fully saturated rings. The number of methoxy groups -OCH3 is 1. The van der Waals surface area contributed by atoms with Gasteiger partial charge in [-0.25, -0.2) is 4.79 Å². The van der Waals surface area contributed by atoms with Gasteiger partial charge < -0.3 is 9.84 Å². The zero-order chi connectivity index (χ0) is 13.8. The third-order valence-electron chi connectivity index (χ3n) is 1.44. The molecule has 1 N–H and O–H groups in total. The van der Waals surface area contributed by atoms with E-state index in [1.165, 1.54) is 4.68 Å². The Morgan fingerprint density at radius 3 is 2.35 bits per heavy atom. The summed E-state index contributed by atoms with van der Waals surface area (Å²) in [6.07, 6.45) is 1.61. The highest BCUT2D eigenvalue weighted by atomic mass is 79.9. The monoisotopic (exact) mass is 308 g/mol. The Kier molecular flexibility index (Phi) is 12.6. The smallest absolute Gasteiger partial charge is 0.357 e. The molecule has 1 heterocycles. The van der Waals surface area contributed by atoms with E-state index in [1.807, 2.05) is 27.7 Å². The summed E-state index contributed by atoms with van der Waals surface area (Å²) in [5, 5.41) is 12.5. The molecule has 0 radical (unpaired) electrons. The second-order valence-electron chi connectivity index (χ2n) is 2.39. The molecule has 1 aromatic heterocycles. The van der Waals surface area contributed by atoms with Crippen LogP contribution in [0.25, 0.3) is 0 Å². The first-order chi connectivity index (χ1) is 8.15. The van der Waals surface area contributed by atoms with Crippen molar-refractivity contribution in [2.75, 3.05) is 13.7 Å². The number of rotatable bonds is 4. The van der Waals surface area contributed by atoms with Gasteiger partial charge in [-0.2, -0.15) is 5.10 Å². The fraction of sp³-hybridized carbons (Fsp3) is 0.636. The third kappa shape index (κ3) is 7.12. The number of aromatic carboxylic acids is 1. The number of hydrogen-bond donors (Lipinski definition) is 1. The summed E-state index contributed by atoms with van der Waals surface area (Å²) in [6.45, 7) is 9.05. The number of carbonyl (C=O) groups is 1. The lowest BCUT2D eigenvalue weighted by Gasteiger charge is -1.97. The summed E-state index contributed by atoms with van der Waals surface area (Å²) < 4.78 is 6.84. The van der Waals surface area contributed by atoms with Crippen molar-refractivity contribution in [3.8, 4) is 0 Å². The first-order valence-electron chi connectivity index (χ1n) is 5.60. The van der Waals surface area contributed by atoms with Crippen molar-refractivity contribution in [2.45, 2.75) is 34.2 Å². The van der Waals surface area contributed by atoms with Crippen LogP contribution in [0.4, 0.5) is 0 Å². The highest BCUT2D eigenvalue weighted by molar-refractivity contribution is 9.10. The van der Waals surface area contributed by atoms with Crippen LogP contribution < -0.4 is 0 Å². The van der Waals surface area contributed by atoms with Crippen molar-refractivity contribution < 1.29 is 14.6 Å². The summed E-state index contributed by atoms with van der Waals surface area (Å²) in [5.41, 5.74) is 0.0242. The molecule has 6 heteroatoms. The van der Waals surface area contributed by atoms with Gasteiger partial charge in [0, 0.05) is 13.3 Å². The van der Waals surface area contributed by atoms with Gasteiger partial charge in [-0.05, 0) is 15.9 Å². The summed E-state index contributed by atoms with van der Waals surface area (Å²) in [5.74, 6) is -1.04. The quantitative estimate of drug-likeness (QED) is 0.928. The fourth-order valence-corrected chi connectivity index (χ4v) is 1.33. The fourth-order valence-electron chi connectivity index (χ4n) is 0.841. The molecule has 5 nitrogen and oxygen atoms in total. The molecular formula is C11H21BrN2O3. The minimum Gasteiger partial charge on any atom is -0.476 e. The Morgan fingerprint density at radius 2 is 2.00 bits per heavy atom. The zero-order valence-corrected chi connectivity index (χ0v) is 12.6. The molecule has 0 aliphatic rings. The molecule has 1 aromatic rings. The van der Waals surface area contributed by atoms with Crippen LogP contribution in [0.15, 0.2) is 10.7 Å². The first-order valence-corrected chi connectivity index (χ1v) is 6.39. The average molecular weight is 309 g/mol. The number of hydrogen-bond acceptors (Lipinski definition) is 3. The third-order valence-corrected chi connectivity index (χ3v) is 2.02. The lowest BCUT2D eigenvalue weighted by atomic mass is 10.4. The van der Waals surface area contributed by atoms with E-state index < -0.39 is 5.97 Å². The number of halogens is 1. The van der Waals surface area contributed by atoms with Crippen molar-refractivity contribution in [3.05, 3.63) is 16.4 Å². The number of ether oxygens (including phenoxy) is 1. The van der Waals surface area contributed by atoms with E-state index in [1.54, 1.807) is 13.3 Å². The lowest BCUT2D eigenvalue weighted by Crippen LogP contribution is -2.06. The van der Waals surface area contributed by atoms with Crippen LogP contribution in [0.1, 0.15) is 38.2 Å². The second kappa shape index (κ2) is 11.6. The van der Waals surface area contributed by atoms with Gasteiger partial charge in [-0.1, -0.05) is 27.7 Å². The van der Waals surface area contributed by atoms with Gasteiger partial charge in [0.25, 0.3) is 0 Å². The van der Waals surface area contributed by atoms with Gasteiger partial charge in [0.05, 0.1) is 17.6 Å². The summed E-state index contributed by atoms with van der Waals surface area (Å²) >= 11 is 3.10. The van der Waals surface area contributed by atoms with Crippen molar-refractivity contribution in [2.24, 2.45) is 0 Å². The molecule has 0 saturated carbocycles. The van der Waals surface area contributed by atoms with E-state index in [9.17, 15) is 4.79 Å². The van der Waals surface area contributed by atoms with Gasteiger partial charge in [0.15, 0.2) is 5.69 Å². The topological polar surface area (TPSA) is 64.3 Å². The van der Waals surface area contributed by atoms with Crippen LogP contribution in [0.5, 0.6) is 0 Å². The Morgan fingerprint density at radius 1 is 1.47 bits per heavy atom. The minimum atomic E-state index is -1.04. The number of aromatic nitrogens is 2. The maximum atomic E-state index is 10.6. The van der Waals surface area contributed by atoms with E-state index in [0.717, 1.165) is 0 Å². The second-order valence-corrected chi connectivity index (χ2v) is 3.24. The molecule has 0 unspecified atom stereocenters. The van der Waals surface area contributed by atoms with Gasteiger partial charge in [0.1, 0.15) is 0 Å². The molecule has 17 heavy (non-hydrogen) atoms. The first kappa shape index (κ1) is 18.5. The predicted octanol–water partition coefficient (Wildman–Crippen LogP) is 3.04. The summed E-state index contributed by atoms with van der Waals surface area (Å²) in [4.78, 5) is 10.6. The Hall–Kier alpha value is -0.880. The molecule has 1 rings (SSSR count). The molecule has 0 bridgehead atoms. The molecule has 0 spiro atoms. The van der Waals surface area contributed by atoms with Crippen LogP contribution in [0, 0.1) is 0 Å². The molecule has 0 aliphatic heterocycles. The molecular weight excluding hydrogens is 288 g/mol. The van der Waals surface area contributed by atoms with E-state index in [0.29, 0.717) is 17.6 Å². The standard InChI is InChI=1S/C7H9BrN2O3.2C2H6/c1-13-3-2-10-4-5(8)6(9-10)7(11)12;2*1-2/h4H,2-3H2,1H3,(H,11,12);2*1-2H3. The van der Waals surface area contributed by atoms with Crippen LogP contribution in [0.2, 0.25) is 0 Å². The van der Waals surface area contributed by atoms with Gasteiger partial charge in [-0.15, -0.1) is 0 Å². The average Bonchev–Trinajstić information content (AvgIpc) is 2.73. The minimum absolute atomic E-state index is 0.0242. The predicted molar refractivity (Wildman–Crippen MR) is 71.5 cm³/mol. The normalized spacial score (nSPS) is 8.59. The molecule has 0 atom stereocenters. The zero-order valence-electron chi connectivity index (χ0n) is 11.0. The molecule has 0 amide bonds. The summed E-state index contributed by atoms with van der Waals surface area (Å²) in [7, 11) is 1.58. The van der Waals surface area contributed by atoms with Crippen molar-refractivity contribution in [1.82, 2.24) is 9.78 Å². The van der Waals surface area contributed by atoms with Crippen LogP contribution in [-0.4, -0.2) is 34.6 Å². The molecule has 100 valence electrons. The van der Waals surface area contributed by atoms with Crippen LogP contribution in [0.3, 0.4) is 0 Å². The molecule has 0 aliphatic carbocycles. The van der Waals surface area contributed by atoms with E-state index in [4.69, 9.17) is 9.84 Å². The maximum absolute atomic E-state index is 10.6. The number of nitrogens with zero attached hydrogens (tertiary/aromatic N) is 2. The van der Waals surface area contributed by atoms with E-state index in [-0.39, 0.29) is 5.69 Å². The van der Waals surface area contributed by atoms with E-state index >= 15 is 0 Å². The highest BCUT2D eigenvalue weighted by Crippen LogP contribution is 2.14. The molecule has 0 saturated heterocycles. The maximum Gasteiger partial charge on any atom is 0.357 e. The number of carboxylic acid groups (broad SMARTS) is 1.